The Morgan fingerprint density at radius 3 is 2.85 bits per heavy atom. The van der Waals surface area contributed by atoms with Gasteiger partial charge in [0.15, 0.2) is 0 Å². The van der Waals surface area contributed by atoms with Crippen molar-refractivity contribution < 1.29 is 22.8 Å². The van der Waals surface area contributed by atoms with Crippen molar-refractivity contribution in [1.82, 2.24) is 15.4 Å². The summed E-state index contributed by atoms with van der Waals surface area (Å²) in [4.78, 5) is 14.2. The standard InChI is InChI=1S/C18H25F2N3O3/c1-12-6-15(22-26-12)9-23-10-17(11-23)14(3-5-25-17)2-4-21-16(24)13-7-18(19,20)8-13/h6,13-14H,2-5,7-11H2,1H3,(H,21,24). The van der Waals surface area contributed by atoms with Crippen molar-refractivity contribution in [3.63, 3.8) is 0 Å². The third-order valence-corrected chi connectivity index (χ3v) is 5.90. The number of alkyl halides is 2. The van der Waals surface area contributed by atoms with Gasteiger partial charge in [-0.1, -0.05) is 5.16 Å². The summed E-state index contributed by atoms with van der Waals surface area (Å²) in [7, 11) is 0. The summed E-state index contributed by atoms with van der Waals surface area (Å²) in [6.45, 7) is 5.60. The Morgan fingerprint density at radius 2 is 2.19 bits per heavy atom. The summed E-state index contributed by atoms with van der Waals surface area (Å²) in [5, 5.41) is 6.85. The molecule has 0 radical (unpaired) electrons. The molecule has 1 saturated carbocycles. The monoisotopic (exact) mass is 369 g/mol. The van der Waals surface area contributed by atoms with Gasteiger partial charge in [-0.25, -0.2) is 8.78 Å². The molecule has 2 aliphatic heterocycles. The number of hydrogen-bond acceptors (Lipinski definition) is 5. The molecule has 1 aromatic heterocycles. The van der Waals surface area contributed by atoms with Crippen LogP contribution in [0.2, 0.25) is 0 Å². The van der Waals surface area contributed by atoms with Crippen LogP contribution in [0.5, 0.6) is 0 Å². The molecule has 1 spiro atoms. The molecule has 2 saturated heterocycles. The first kappa shape index (κ1) is 17.9. The second-order valence-corrected chi connectivity index (χ2v) is 8.01. The molecule has 26 heavy (non-hydrogen) atoms. The quantitative estimate of drug-likeness (QED) is 0.832. The molecule has 4 rings (SSSR count). The van der Waals surface area contributed by atoms with E-state index in [1.165, 1.54) is 0 Å². The minimum absolute atomic E-state index is 0.132. The van der Waals surface area contributed by atoms with Crippen LogP contribution in [0.15, 0.2) is 10.6 Å². The lowest BCUT2D eigenvalue weighted by Crippen LogP contribution is -2.64. The highest BCUT2D eigenvalue weighted by Gasteiger charge is 2.53. The number of aromatic nitrogens is 1. The van der Waals surface area contributed by atoms with Crippen LogP contribution >= 0.6 is 0 Å². The molecule has 3 heterocycles. The Kier molecular flexibility index (Phi) is 4.51. The Hall–Kier alpha value is -1.54. The minimum Gasteiger partial charge on any atom is -0.372 e. The Morgan fingerprint density at radius 1 is 1.42 bits per heavy atom. The highest BCUT2D eigenvalue weighted by Crippen LogP contribution is 2.43. The molecule has 144 valence electrons. The van der Waals surface area contributed by atoms with Crippen LogP contribution in [0.25, 0.3) is 0 Å². The molecular weight excluding hydrogens is 344 g/mol. The second-order valence-electron chi connectivity index (χ2n) is 8.01. The number of halogens is 2. The van der Waals surface area contributed by atoms with Crippen LogP contribution in [-0.4, -0.2) is 53.7 Å². The van der Waals surface area contributed by atoms with Crippen LogP contribution < -0.4 is 5.32 Å². The third-order valence-electron chi connectivity index (χ3n) is 5.90. The van der Waals surface area contributed by atoms with Gasteiger partial charge < -0.3 is 14.6 Å². The minimum atomic E-state index is -2.65. The molecule has 3 fully saturated rings. The smallest absolute Gasteiger partial charge is 0.249 e. The van der Waals surface area contributed by atoms with Gasteiger partial charge in [-0.15, -0.1) is 0 Å². The van der Waals surface area contributed by atoms with Crippen LogP contribution in [0, 0.1) is 18.8 Å². The van der Waals surface area contributed by atoms with Gasteiger partial charge in [0.25, 0.3) is 0 Å². The second kappa shape index (κ2) is 6.56. The van der Waals surface area contributed by atoms with E-state index < -0.39 is 11.8 Å². The maximum absolute atomic E-state index is 12.9. The Labute approximate surface area is 151 Å². The highest BCUT2D eigenvalue weighted by atomic mass is 19.3. The van der Waals surface area contributed by atoms with Crippen molar-refractivity contribution in [3.05, 3.63) is 17.5 Å². The van der Waals surface area contributed by atoms with E-state index in [-0.39, 0.29) is 24.3 Å². The molecule has 1 atom stereocenters. The maximum Gasteiger partial charge on any atom is 0.249 e. The fourth-order valence-electron chi connectivity index (χ4n) is 4.45. The predicted molar refractivity (Wildman–Crippen MR) is 88.6 cm³/mol. The van der Waals surface area contributed by atoms with Gasteiger partial charge in [-0.05, 0) is 25.7 Å². The maximum atomic E-state index is 12.9. The fraction of sp³-hybridized carbons (Fsp3) is 0.778. The molecule has 1 aromatic rings. The van der Waals surface area contributed by atoms with Gasteiger partial charge in [0.1, 0.15) is 5.76 Å². The van der Waals surface area contributed by atoms with Crippen molar-refractivity contribution in [2.45, 2.75) is 50.7 Å². The number of nitrogens with one attached hydrogen (secondary N) is 1. The first-order valence-electron chi connectivity index (χ1n) is 9.29. The molecule has 1 amide bonds. The number of amides is 1. The van der Waals surface area contributed by atoms with Crippen molar-refractivity contribution in [1.29, 1.82) is 0 Å². The van der Waals surface area contributed by atoms with Crippen molar-refractivity contribution in [2.24, 2.45) is 11.8 Å². The van der Waals surface area contributed by atoms with Crippen LogP contribution in [0.3, 0.4) is 0 Å². The zero-order valence-corrected chi connectivity index (χ0v) is 15.0. The van der Waals surface area contributed by atoms with E-state index in [9.17, 15) is 13.6 Å². The first-order chi connectivity index (χ1) is 12.4. The number of nitrogens with zero attached hydrogens (tertiary/aromatic N) is 2. The number of likely N-dealkylation sites (tertiary alicyclic amines) is 1. The van der Waals surface area contributed by atoms with Crippen LogP contribution in [0.1, 0.15) is 37.1 Å². The molecule has 0 bridgehead atoms. The summed E-state index contributed by atoms with van der Waals surface area (Å²) in [6, 6.07) is 1.94. The fourth-order valence-corrected chi connectivity index (χ4v) is 4.45. The summed E-state index contributed by atoms with van der Waals surface area (Å²) < 4.78 is 36.8. The predicted octanol–water partition coefficient (Wildman–Crippen LogP) is 2.13. The van der Waals surface area contributed by atoms with Gasteiger partial charge >= 0.3 is 0 Å². The molecule has 0 aromatic carbocycles. The summed E-state index contributed by atoms with van der Waals surface area (Å²) >= 11 is 0. The van der Waals surface area contributed by atoms with Gasteiger partial charge in [0, 0.05) is 57.6 Å². The largest absolute Gasteiger partial charge is 0.372 e. The molecular formula is C18H25F2N3O3. The van der Waals surface area contributed by atoms with E-state index in [1.54, 1.807) is 0 Å². The van der Waals surface area contributed by atoms with Gasteiger partial charge in [0.05, 0.1) is 11.3 Å². The Bertz CT molecular complexity index is 664. The van der Waals surface area contributed by atoms with Crippen LogP contribution in [-0.2, 0) is 16.1 Å². The van der Waals surface area contributed by atoms with Gasteiger partial charge in [-0.3, -0.25) is 9.69 Å². The van der Waals surface area contributed by atoms with Crippen molar-refractivity contribution >= 4 is 5.91 Å². The topological polar surface area (TPSA) is 67.6 Å². The van der Waals surface area contributed by atoms with E-state index in [0.717, 1.165) is 50.5 Å². The number of aryl methyl sites for hydroxylation is 1. The van der Waals surface area contributed by atoms with E-state index in [4.69, 9.17) is 9.26 Å². The number of hydrogen-bond donors (Lipinski definition) is 1. The number of carbonyl (C=O) groups excluding carboxylic acids is 1. The van der Waals surface area contributed by atoms with E-state index >= 15 is 0 Å². The lowest BCUT2D eigenvalue weighted by Gasteiger charge is -2.50. The summed E-state index contributed by atoms with van der Waals surface area (Å²) in [5.74, 6) is -2.21. The molecule has 8 heteroatoms. The van der Waals surface area contributed by atoms with Crippen molar-refractivity contribution in [2.75, 3.05) is 26.2 Å². The van der Waals surface area contributed by atoms with E-state index in [1.807, 2.05) is 13.0 Å². The highest BCUT2D eigenvalue weighted by molar-refractivity contribution is 5.79. The lowest BCUT2D eigenvalue weighted by molar-refractivity contribution is -0.150. The molecule has 1 aliphatic carbocycles. The SMILES string of the molecule is Cc1cc(CN2CC3(C2)OCCC3CCNC(=O)C2CC(F)(F)C2)no1. The van der Waals surface area contributed by atoms with E-state index in [2.05, 4.69) is 15.4 Å². The number of carbonyl (C=O) groups is 1. The average molecular weight is 369 g/mol. The average Bonchev–Trinajstić information content (AvgIpc) is 3.11. The summed E-state index contributed by atoms with van der Waals surface area (Å²) in [6.07, 6.45) is 1.18. The normalized spacial score (nSPS) is 27.3. The van der Waals surface area contributed by atoms with E-state index in [0.29, 0.717) is 12.5 Å². The molecule has 6 nitrogen and oxygen atoms in total. The van der Waals surface area contributed by atoms with Crippen LogP contribution in [0.4, 0.5) is 8.78 Å². The third kappa shape index (κ3) is 3.49. The summed E-state index contributed by atoms with van der Waals surface area (Å²) in [5.41, 5.74) is 0.795. The van der Waals surface area contributed by atoms with Gasteiger partial charge in [-0.2, -0.15) is 0 Å². The lowest BCUT2D eigenvalue weighted by atomic mass is 9.78. The first-order valence-corrected chi connectivity index (χ1v) is 9.29. The molecule has 1 unspecified atom stereocenters. The molecule has 3 aliphatic rings. The number of rotatable bonds is 6. The zero-order chi connectivity index (χ0) is 18.4. The zero-order valence-electron chi connectivity index (χ0n) is 15.0. The van der Waals surface area contributed by atoms with Gasteiger partial charge in [0.2, 0.25) is 11.8 Å². The van der Waals surface area contributed by atoms with Crippen molar-refractivity contribution in [3.8, 4) is 0 Å². The number of ether oxygens (including phenoxy) is 1. The Balaban J connectivity index is 1.20. The molecule has 1 N–H and O–H groups in total.